The molecule has 4 aliphatic rings. The summed E-state index contributed by atoms with van der Waals surface area (Å²) in [6.45, 7) is 14.0. The summed E-state index contributed by atoms with van der Waals surface area (Å²) in [5.41, 5.74) is 0.533. The van der Waals surface area contributed by atoms with E-state index in [-0.39, 0.29) is 17.1 Å². The van der Waals surface area contributed by atoms with Gasteiger partial charge in [-0.25, -0.2) is 0 Å². The minimum absolute atomic E-state index is 0.132. The molecule has 0 aromatic carbocycles. The van der Waals surface area contributed by atoms with Crippen LogP contribution in [0.25, 0.3) is 0 Å². The molecule has 2 nitrogen and oxygen atoms in total. The first-order valence-corrected chi connectivity index (χ1v) is 8.52. The molecule has 1 aliphatic heterocycles. The minimum Gasteiger partial charge on any atom is -0.344 e. The molecule has 3 saturated carbocycles. The summed E-state index contributed by atoms with van der Waals surface area (Å²) in [4.78, 5) is 0. The van der Waals surface area contributed by atoms with Gasteiger partial charge in [0.1, 0.15) is 5.60 Å². The van der Waals surface area contributed by atoms with Crippen LogP contribution in [-0.4, -0.2) is 17.5 Å². The van der Waals surface area contributed by atoms with E-state index in [1.807, 2.05) is 0 Å². The molecular weight excluding hydrogens is 248 g/mol. The molecule has 0 radical (unpaired) electrons. The molecule has 0 aromatic rings. The summed E-state index contributed by atoms with van der Waals surface area (Å²) in [5.74, 6) is 2.02. The first-order chi connectivity index (χ1) is 9.14. The third kappa shape index (κ3) is 1.22. The molecule has 1 spiro atoms. The van der Waals surface area contributed by atoms with Gasteiger partial charge in [0.25, 0.3) is 0 Å². The summed E-state index contributed by atoms with van der Waals surface area (Å²) in [5, 5.41) is 0. The first kappa shape index (κ1) is 13.6. The highest BCUT2D eigenvalue weighted by molar-refractivity contribution is 5.23. The van der Waals surface area contributed by atoms with Gasteiger partial charge in [0.15, 0.2) is 5.79 Å². The largest absolute Gasteiger partial charge is 0.344 e. The van der Waals surface area contributed by atoms with Crippen molar-refractivity contribution < 1.29 is 9.47 Å². The molecule has 3 aliphatic carbocycles. The van der Waals surface area contributed by atoms with Crippen LogP contribution in [0.3, 0.4) is 0 Å². The predicted molar refractivity (Wildman–Crippen MR) is 79.3 cm³/mol. The van der Waals surface area contributed by atoms with E-state index in [2.05, 4.69) is 41.5 Å². The lowest BCUT2D eigenvalue weighted by Crippen LogP contribution is -2.63. The number of hydrogen-bond acceptors (Lipinski definition) is 2. The Kier molecular flexibility index (Phi) is 2.35. The van der Waals surface area contributed by atoms with Crippen LogP contribution in [0.15, 0.2) is 0 Å². The van der Waals surface area contributed by atoms with E-state index >= 15 is 0 Å². The Bertz CT molecular complexity index is 454. The topological polar surface area (TPSA) is 18.5 Å². The van der Waals surface area contributed by atoms with Crippen LogP contribution in [0.2, 0.25) is 0 Å². The highest BCUT2D eigenvalue weighted by Gasteiger charge is 2.76. The second-order valence-electron chi connectivity index (χ2n) is 9.19. The Hall–Kier alpha value is -0.0800. The second kappa shape index (κ2) is 3.46. The Balaban J connectivity index is 1.87. The maximum Gasteiger partial charge on any atom is 0.164 e. The fourth-order valence-electron chi connectivity index (χ4n) is 7.06. The molecule has 0 aromatic heterocycles. The number of rotatable bonds is 0. The van der Waals surface area contributed by atoms with E-state index in [0.29, 0.717) is 11.3 Å². The van der Waals surface area contributed by atoms with Crippen molar-refractivity contribution >= 4 is 0 Å². The molecule has 2 bridgehead atoms. The van der Waals surface area contributed by atoms with Gasteiger partial charge >= 0.3 is 0 Å². The van der Waals surface area contributed by atoms with Crippen LogP contribution < -0.4 is 0 Å². The van der Waals surface area contributed by atoms with E-state index in [9.17, 15) is 0 Å². The first-order valence-electron chi connectivity index (χ1n) is 8.52. The molecule has 4 fully saturated rings. The van der Waals surface area contributed by atoms with Crippen molar-refractivity contribution in [2.45, 2.75) is 84.7 Å². The summed E-state index contributed by atoms with van der Waals surface area (Å²) < 4.78 is 13.0. The number of ether oxygens (including phenoxy) is 2. The molecule has 0 amide bonds. The van der Waals surface area contributed by atoms with Crippen molar-refractivity contribution in [1.82, 2.24) is 0 Å². The smallest absolute Gasteiger partial charge is 0.164 e. The maximum atomic E-state index is 6.57. The van der Waals surface area contributed by atoms with Crippen molar-refractivity contribution in [3.8, 4) is 0 Å². The molecule has 1 saturated heterocycles. The summed E-state index contributed by atoms with van der Waals surface area (Å²) in [6, 6.07) is 0. The number of hydrogen-bond donors (Lipinski definition) is 0. The third-order valence-electron chi connectivity index (χ3n) is 7.99. The lowest BCUT2D eigenvalue weighted by Gasteiger charge is -2.60. The molecule has 2 heteroatoms. The Labute approximate surface area is 123 Å². The molecule has 0 N–H and O–H groups in total. The normalized spacial score (nSPS) is 58.5. The Morgan fingerprint density at radius 2 is 1.70 bits per heavy atom. The summed E-state index contributed by atoms with van der Waals surface area (Å²) in [7, 11) is 0. The van der Waals surface area contributed by atoms with Gasteiger partial charge in [0.05, 0.1) is 6.10 Å². The fourth-order valence-corrected chi connectivity index (χ4v) is 7.06. The molecule has 20 heavy (non-hydrogen) atoms. The zero-order chi connectivity index (χ0) is 14.6. The van der Waals surface area contributed by atoms with Crippen molar-refractivity contribution in [3.63, 3.8) is 0 Å². The highest BCUT2D eigenvalue weighted by atomic mass is 16.8. The number of fused-ring (bicyclic) bond motifs is 3. The zero-order valence-electron chi connectivity index (χ0n) is 14.0. The average Bonchev–Trinajstić information content (AvgIpc) is 2.89. The van der Waals surface area contributed by atoms with Crippen LogP contribution in [0, 0.1) is 28.6 Å². The molecular formula is C18H30O2. The van der Waals surface area contributed by atoms with Crippen LogP contribution in [0.4, 0.5) is 0 Å². The van der Waals surface area contributed by atoms with Crippen molar-refractivity contribution in [2.24, 2.45) is 28.6 Å². The molecule has 6 atom stereocenters. The van der Waals surface area contributed by atoms with Gasteiger partial charge in [0.2, 0.25) is 0 Å². The van der Waals surface area contributed by atoms with Gasteiger partial charge in [-0.3, -0.25) is 0 Å². The van der Waals surface area contributed by atoms with Crippen LogP contribution in [-0.2, 0) is 9.47 Å². The lowest BCUT2D eigenvalue weighted by atomic mass is 9.48. The molecule has 1 heterocycles. The Morgan fingerprint density at radius 1 is 1.00 bits per heavy atom. The quantitative estimate of drug-likeness (QED) is 0.654. The third-order valence-corrected chi connectivity index (χ3v) is 7.99. The van der Waals surface area contributed by atoms with Gasteiger partial charge in [0, 0.05) is 5.41 Å². The predicted octanol–water partition coefficient (Wildman–Crippen LogP) is 4.38. The molecule has 4 rings (SSSR count). The van der Waals surface area contributed by atoms with E-state index in [1.165, 1.54) is 25.7 Å². The van der Waals surface area contributed by atoms with E-state index in [1.54, 1.807) is 0 Å². The Morgan fingerprint density at radius 3 is 2.40 bits per heavy atom. The highest BCUT2D eigenvalue weighted by Crippen LogP contribution is 2.76. The van der Waals surface area contributed by atoms with E-state index < -0.39 is 5.79 Å². The van der Waals surface area contributed by atoms with Crippen molar-refractivity contribution in [3.05, 3.63) is 0 Å². The summed E-state index contributed by atoms with van der Waals surface area (Å²) >= 11 is 0. The van der Waals surface area contributed by atoms with Crippen LogP contribution in [0.5, 0.6) is 0 Å². The van der Waals surface area contributed by atoms with Gasteiger partial charge in [-0.2, -0.15) is 0 Å². The SMILES string of the molecule is CC1CCC2CC3CC12C(C)(C)C1(C)OC(C)(C)OC31. The van der Waals surface area contributed by atoms with Gasteiger partial charge < -0.3 is 9.47 Å². The van der Waals surface area contributed by atoms with Crippen LogP contribution in [0.1, 0.15) is 67.2 Å². The van der Waals surface area contributed by atoms with Crippen LogP contribution >= 0.6 is 0 Å². The summed E-state index contributed by atoms with van der Waals surface area (Å²) in [6.07, 6.45) is 5.86. The standard InChI is InChI=1S/C18H30O2/c1-11-7-8-13-9-12-10-18(11,13)15(2,3)17(6)14(12)19-16(4,5)20-17/h11-14H,7-10H2,1-6H3. The lowest BCUT2D eigenvalue weighted by molar-refractivity contribution is -0.215. The van der Waals surface area contributed by atoms with E-state index in [4.69, 9.17) is 9.47 Å². The van der Waals surface area contributed by atoms with Gasteiger partial charge in [-0.05, 0) is 69.6 Å². The van der Waals surface area contributed by atoms with Gasteiger partial charge in [-0.15, -0.1) is 0 Å². The second-order valence-corrected chi connectivity index (χ2v) is 9.19. The van der Waals surface area contributed by atoms with Crippen molar-refractivity contribution in [1.29, 1.82) is 0 Å². The maximum absolute atomic E-state index is 6.57. The van der Waals surface area contributed by atoms with E-state index in [0.717, 1.165) is 11.8 Å². The van der Waals surface area contributed by atoms with Crippen molar-refractivity contribution in [2.75, 3.05) is 0 Å². The average molecular weight is 278 g/mol. The molecule has 6 unspecified atom stereocenters. The van der Waals surface area contributed by atoms with Gasteiger partial charge in [-0.1, -0.05) is 20.8 Å². The monoisotopic (exact) mass is 278 g/mol. The molecule has 114 valence electrons. The zero-order valence-corrected chi connectivity index (χ0v) is 14.0. The fraction of sp³-hybridized carbons (Fsp3) is 1.00. The minimum atomic E-state index is -0.421.